The van der Waals surface area contributed by atoms with Crippen molar-refractivity contribution in [1.82, 2.24) is 0 Å². The van der Waals surface area contributed by atoms with Gasteiger partial charge < -0.3 is 9.32 Å². The number of anilines is 3. The summed E-state index contributed by atoms with van der Waals surface area (Å²) in [6, 6.07) is 54.6. The quantitative estimate of drug-likeness (QED) is 0.183. The van der Waals surface area contributed by atoms with Crippen LogP contribution in [0.1, 0.15) is 25.0 Å². The number of hydrogen-bond acceptors (Lipinski definition) is 2. The highest BCUT2D eigenvalue weighted by atomic mass is 16.3. The van der Waals surface area contributed by atoms with Crippen LogP contribution in [-0.4, -0.2) is 0 Å². The number of hydrogen-bond donors (Lipinski definition) is 0. The van der Waals surface area contributed by atoms with Gasteiger partial charge in [-0.25, -0.2) is 0 Å². The summed E-state index contributed by atoms with van der Waals surface area (Å²) in [5.74, 6) is 0. The van der Waals surface area contributed by atoms with Crippen molar-refractivity contribution in [2.24, 2.45) is 0 Å². The third kappa shape index (κ3) is 4.74. The molecule has 8 aromatic rings. The number of furan rings is 1. The average Bonchev–Trinajstić information content (AvgIpc) is 3.52. The Labute approximate surface area is 270 Å². The first-order valence-electron chi connectivity index (χ1n) is 16.2. The van der Waals surface area contributed by atoms with Crippen molar-refractivity contribution in [3.8, 4) is 22.3 Å². The molecular weight excluding hydrogens is 558 g/mol. The minimum Gasteiger partial charge on any atom is -0.456 e. The van der Waals surface area contributed by atoms with E-state index in [0.717, 1.165) is 51.8 Å². The van der Waals surface area contributed by atoms with Crippen LogP contribution in [0.25, 0.3) is 55.0 Å². The van der Waals surface area contributed by atoms with Crippen molar-refractivity contribution in [1.29, 1.82) is 0 Å². The Hall–Kier alpha value is -5.60. The summed E-state index contributed by atoms with van der Waals surface area (Å²) in [6.07, 6.45) is 1.94. The first-order valence-corrected chi connectivity index (χ1v) is 16.2. The van der Waals surface area contributed by atoms with Crippen LogP contribution in [0.2, 0.25) is 0 Å². The first kappa shape index (κ1) is 27.9. The standard InChI is InChI=1S/C44H35NO/c1-3-30-13-8-10-17-37(30)38-27-26-36(29-31(38)4-2)45(35-24-21-33(22-25-35)32-14-6-5-7-15-32)40-19-12-20-41-44(40)43-39-18-11-9-16-34(39)23-28-42(43)46-41/h5-29H,3-4H2,1-2H3. The second-order valence-corrected chi connectivity index (χ2v) is 11.9. The van der Waals surface area contributed by atoms with E-state index in [9.17, 15) is 0 Å². The fraction of sp³-hybridized carbons (Fsp3) is 0.0909. The van der Waals surface area contributed by atoms with Crippen LogP contribution in [-0.2, 0) is 12.8 Å². The fourth-order valence-corrected chi connectivity index (χ4v) is 6.98. The second-order valence-electron chi connectivity index (χ2n) is 11.9. The van der Waals surface area contributed by atoms with Gasteiger partial charge in [-0.2, -0.15) is 0 Å². The zero-order valence-corrected chi connectivity index (χ0v) is 26.2. The molecule has 2 nitrogen and oxygen atoms in total. The van der Waals surface area contributed by atoms with E-state index in [0.29, 0.717) is 0 Å². The van der Waals surface area contributed by atoms with Crippen molar-refractivity contribution in [3.63, 3.8) is 0 Å². The van der Waals surface area contributed by atoms with Gasteiger partial charge in [-0.1, -0.05) is 123 Å². The molecule has 0 aliphatic rings. The van der Waals surface area contributed by atoms with Crippen LogP contribution in [0.4, 0.5) is 17.1 Å². The van der Waals surface area contributed by atoms with Crippen LogP contribution in [0.5, 0.6) is 0 Å². The van der Waals surface area contributed by atoms with Crippen molar-refractivity contribution >= 4 is 49.8 Å². The molecule has 2 heteroatoms. The molecule has 0 saturated carbocycles. The van der Waals surface area contributed by atoms with E-state index in [1.807, 2.05) is 0 Å². The van der Waals surface area contributed by atoms with E-state index in [4.69, 9.17) is 4.42 Å². The van der Waals surface area contributed by atoms with Crippen LogP contribution in [0.3, 0.4) is 0 Å². The minimum absolute atomic E-state index is 0.888. The van der Waals surface area contributed by atoms with Gasteiger partial charge in [0.1, 0.15) is 11.2 Å². The molecule has 0 amide bonds. The smallest absolute Gasteiger partial charge is 0.137 e. The maximum Gasteiger partial charge on any atom is 0.137 e. The molecular formula is C44H35NO. The topological polar surface area (TPSA) is 16.4 Å². The molecule has 0 aliphatic heterocycles. The van der Waals surface area contributed by atoms with Gasteiger partial charge >= 0.3 is 0 Å². The van der Waals surface area contributed by atoms with Crippen LogP contribution in [0, 0.1) is 0 Å². The molecule has 0 saturated heterocycles. The summed E-state index contributed by atoms with van der Waals surface area (Å²) in [5.41, 5.74) is 12.9. The van der Waals surface area contributed by atoms with E-state index in [1.54, 1.807) is 0 Å². The van der Waals surface area contributed by atoms with E-state index in [-0.39, 0.29) is 0 Å². The Morgan fingerprint density at radius 3 is 1.98 bits per heavy atom. The Bertz CT molecular complexity index is 2330. The predicted molar refractivity (Wildman–Crippen MR) is 196 cm³/mol. The van der Waals surface area contributed by atoms with Gasteiger partial charge in [0.05, 0.1) is 11.1 Å². The molecule has 0 radical (unpaired) electrons. The number of rotatable bonds is 7. The van der Waals surface area contributed by atoms with E-state index in [1.165, 1.54) is 44.2 Å². The first-order chi connectivity index (χ1) is 22.7. The Morgan fingerprint density at radius 1 is 0.478 bits per heavy atom. The van der Waals surface area contributed by atoms with Crippen molar-refractivity contribution in [2.45, 2.75) is 26.7 Å². The predicted octanol–water partition coefficient (Wildman–Crippen LogP) is 12.7. The molecule has 0 bridgehead atoms. The minimum atomic E-state index is 0.888. The molecule has 1 aromatic heterocycles. The maximum absolute atomic E-state index is 6.52. The molecule has 0 atom stereocenters. The van der Waals surface area contributed by atoms with Crippen molar-refractivity contribution in [2.75, 3.05) is 4.90 Å². The molecule has 0 aliphatic carbocycles. The Morgan fingerprint density at radius 2 is 1.15 bits per heavy atom. The van der Waals surface area contributed by atoms with Gasteiger partial charge in [-0.05, 0) is 99.5 Å². The SMILES string of the molecule is CCc1ccccc1-c1ccc(N(c2ccc(-c3ccccc3)cc2)c2cccc3oc4ccc5ccccc5c4c23)cc1CC. The largest absolute Gasteiger partial charge is 0.456 e. The number of nitrogens with zero attached hydrogens (tertiary/aromatic N) is 1. The lowest BCUT2D eigenvalue weighted by molar-refractivity contribution is 0.669. The van der Waals surface area contributed by atoms with Gasteiger partial charge in [0.25, 0.3) is 0 Å². The van der Waals surface area contributed by atoms with Gasteiger partial charge in [-0.15, -0.1) is 0 Å². The molecule has 46 heavy (non-hydrogen) atoms. The second kappa shape index (κ2) is 11.7. The van der Waals surface area contributed by atoms with Gasteiger partial charge in [0.15, 0.2) is 0 Å². The number of benzene rings is 7. The molecule has 0 N–H and O–H groups in total. The molecule has 0 fully saturated rings. The van der Waals surface area contributed by atoms with E-state index >= 15 is 0 Å². The zero-order valence-electron chi connectivity index (χ0n) is 26.2. The molecule has 0 unspecified atom stereocenters. The molecule has 1 heterocycles. The highest BCUT2D eigenvalue weighted by Crippen LogP contribution is 2.46. The molecule has 222 valence electrons. The van der Waals surface area contributed by atoms with E-state index in [2.05, 4.69) is 170 Å². The third-order valence-electron chi connectivity index (χ3n) is 9.25. The zero-order chi connectivity index (χ0) is 31.0. The summed E-state index contributed by atoms with van der Waals surface area (Å²) in [6.45, 7) is 4.49. The van der Waals surface area contributed by atoms with Crippen LogP contribution < -0.4 is 4.90 Å². The maximum atomic E-state index is 6.52. The fourth-order valence-electron chi connectivity index (χ4n) is 6.98. The number of fused-ring (bicyclic) bond motifs is 5. The van der Waals surface area contributed by atoms with Crippen molar-refractivity contribution in [3.05, 3.63) is 163 Å². The summed E-state index contributed by atoms with van der Waals surface area (Å²) >= 11 is 0. The summed E-state index contributed by atoms with van der Waals surface area (Å²) in [5, 5.41) is 4.68. The Balaban J connectivity index is 1.38. The third-order valence-corrected chi connectivity index (χ3v) is 9.25. The lowest BCUT2D eigenvalue weighted by atomic mass is 9.92. The summed E-state index contributed by atoms with van der Waals surface area (Å²) in [4.78, 5) is 2.41. The highest BCUT2D eigenvalue weighted by Gasteiger charge is 2.22. The lowest BCUT2D eigenvalue weighted by Gasteiger charge is -2.28. The highest BCUT2D eigenvalue weighted by molar-refractivity contribution is 6.23. The van der Waals surface area contributed by atoms with Crippen LogP contribution >= 0.6 is 0 Å². The Kier molecular flexibility index (Phi) is 7.11. The summed E-state index contributed by atoms with van der Waals surface area (Å²) < 4.78 is 6.52. The van der Waals surface area contributed by atoms with E-state index < -0.39 is 0 Å². The lowest BCUT2D eigenvalue weighted by Crippen LogP contribution is -2.11. The molecule has 0 spiro atoms. The van der Waals surface area contributed by atoms with Crippen molar-refractivity contribution < 1.29 is 4.42 Å². The monoisotopic (exact) mass is 593 g/mol. The molecule has 8 rings (SSSR count). The van der Waals surface area contributed by atoms with Gasteiger partial charge in [-0.3, -0.25) is 0 Å². The normalized spacial score (nSPS) is 11.4. The van der Waals surface area contributed by atoms with Gasteiger partial charge in [0.2, 0.25) is 0 Å². The van der Waals surface area contributed by atoms with Gasteiger partial charge in [0, 0.05) is 16.8 Å². The molecule has 7 aromatic carbocycles. The number of aryl methyl sites for hydroxylation is 2. The van der Waals surface area contributed by atoms with Crippen LogP contribution in [0.15, 0.2) is 156 Å². The summed E-state index contributed by atoms with van der Waals surface area (Å²) in [7, 11) is 0. The average molecular weight is 594 g/mol.